The third-order valence-corrected chi connectivity index (χ3v) is 8.94. The molecule has 4 aliphatic heterocycles. The Morgan fingerprint density at radius 1 is 1.09 bits per heavy atom. The number of aliphatic hydroxyl groups excluding tert-OH is 1. The molecule has 1 unspecified atom stereocenters. The molecular formula is C27H36N6O2. The first-order chi connectivity index (χ1) is 16.9. The summed E-state index contributed by atoms with van der Waals surface area (Å²) in [6.07, 6.45) is 7.27. The number of aliphatic hydroxyl groups is 1. The fraction of sp³-hybridized carbons (Fsp3) is 0.667. The first-order valence-electron chi connectivity index (χ1n) is 13.3. The summed E-state index contributed by atoms with van der Waals surface area (Å²) in [7, 11) is 0. The van der Waals surface area contributed by atoms with E-state index < -0.39 is 0 Å². The quantitative estimate of drug-likeness (QED) is 0.709. The number of anilines is 1. The SMILES string of the molecule is Cc1cc(N2N=C(N3CC4(CN(C(=O)N5CCC(O)CC5)C4)C3)CC2C2CCCC2)ccc1C#N. The van der Waals surface area contributed by atoms with E-state index in [1.54, 1.807) is 0 Å². The maximum Gasteiger partial charge on any atom is 0.320 e. The zero-order valence-corrected chi connectivity index (χ0v) is 20.7. The summed E-state index contributed by atoms with van der Waals surface area (Å²) >= 11 is 0. The molecule has 186 valence electrons. The lowest BCUT2D eigenvalue weighted by molar-refractivity contribution is -0.0715. The smallest absolute Gasteiger partial charge is 0.320 e. The minimum absolute atomic E-state index is 0.142. The van der Waals surface area contributed by atoms with Crippen molar-refractivity contribution >= 4 is 17.6 Å². The number of urea groups is 1. The Morgan fingerprint density at radius 2 is 1.80 bits per heavy atom. The van der Waals surface area contributed by atoms with Gasteiger partial charge in [-0.15, -0.1) is 0 Å². The van der Waals surface area contributed by atoms with Crippen LogP contribution in [0.3, 0.4) is 0 Å². The highest BCUT2D eigenvalue weighted by Crippen LogP contribution is 2.44. The third-order valence-electron chi connectivity index (χ3n) is 8.94. The predicted octanol–water partition coefficient (Wildman–Crippen LogP) is 3.14. The average molecular weight is 477 g/mol. The van der Waals surface area contributed by atoms with E-state index in [4.69, 9.17) is 5.10 Å². The lowest BCUT2D eigenvalue weighted by atomic mass is 9.72. The van der Waals surface area contributed by atoms with Gasteiger partial charge in [0.2, 0.25) is 0 Å². The summed E-state index contributed by atoms with van der Waals surface area (Å²) < 4.78 is 0. The number of piperidine rings is 1. The van der Waals surface area contributed by atoms with Crippen LogP contribution in [-0.4, -0.2) is 83.1 Å². The molecular weight excluding hydrogens is 440 g/mol. The lowest BCUT2D eigenvalue weighted by Gasteiger charge is -2.61. The minimum Gasteiger partial charge on any atom is -0.393 e. The van der Waals surface area contributed by atoms with E-state index in [2.05, 4.69) is 22.0 Å². The first kappa shape index (κ1) is 22.7. The standard InChI is InChI=1S/C27H36N6O2/c1-19-12-22(7-6-21(19)14-28)33-24(20-4-2-3-5-20)13-25(29-33)31-15-27(16-31)17-32(18-27)26(35)30-10-8-23(34)9-11-30/h6-7,12,20,23-24,34H,2-5,8-11,13,15-18H2,1H3. The van der Waals surface area contributed by atoms with Crippen LogP contribution in [0.5, 0.6) is 0 Å². The van der Waals surface area contributed by atoms with Gasteiger partial charge in [0.25, 0.3) is 0 Å². The molecule has 2 amide bonds. The summed E-state index contributed by atoms with van der Waals surface area (Å²) in [4.78, 5) is 19.1. The Bertz CT molecular complexity index is 1050. The highest BCUT2D eigenvalue weighted by atomic mass is 16.3. The number of hydrazone groups is 1. The van der Waals surface area contributed by atoms with Gasteiger partial charge in [-0.25, -0.2) is 4.79 Å². The topological polar surface area (TPSA) is 86.4 Å². The number of nitriles is 1. The van der Waals surface area contributed by atoms with Crippen molar-refractivity contribution in [2.45, 2.75) is 64.0 Å². The van der Waals surface area contributed by atoms with Crippen LogP contribution >= 0.6 is 0 Å². The molecule has 5 aliphatic rings. The van der Waals surface area contributed by atoms with E-state index >= 15 is 0 Å². The molecule has 3 saturated heterocycles. The second-order valence-electron chi connectivity index (χ2n) is 11.5. The normalized spacial score (nSPS) is 26.5. The number of likely N-dealkylation sites (tertiary alicyclic amines) is 3. The molecule has 8 heteroatoms. The summed E-state index contributed by atoms with van der Waals surface area (Å²) in [6, 6.07) is 8.89. The van der Waals surface area contributed by atoms with Crippen LogP contribution < -0.4 is 5.01 Å². The maximum absolute atomic E-state index is 12.8. The Balaban J connectivity index is 1.10. The fourth-order valence-electron chi connectivity index (χ4n) is 6.88. The molecule has 1 spiro atoms. The number of rotatable bonds is 2. The zero-order chi connectivity index (χ0) is 24.2. The molecule has 0 aromatic heterocycles. The van der Waals surface area contributed by atoms with Gasteiger partial charge >= 0.3 is 6.03 Å². The number of hydrogen-bond acceptors (Lipinski definition) is 6. The first-order valence-corrected chi connectivity index (χ1v) is 13.3. The minimum atomic E-state index is -0.255. The van der Waals surface area contributed by atoms with Crippen LogP contribution in [0.4, 0.5) is 10.5 Å². The van der Waals surface area contributed by atoms with Crippen LogP contribution in [0.1, 0.15) is 56.1 Å². The van der Waals surface area contributed by atoms with Crippen molar-refractivity contribution in [3.8, 4) is 6.07 Å². The zero-order valence-electron chi connectivity index (χ0n) is 20.7. The highest BCUT2D eigenvalue weighted by Gasteiger charge is 2.55. The van der Waals surface area contributed by atoms with Crippen molar-refractivity contribution in [1.82, 2.24) is 14.7 Å². The van der Waals surface area contributed by atoms with Crippen LogP contribution in [0.25, 0.3) is 0 Å². The van der Waals surface area contributed by atoms with E-state index in [0.29, 0.717) is 37.9 Å². The Labute approximate surface area is 207 Å². The monoisotopic (exact) mass is 476 g/mol. The van der Waals surface area contributed by atoms with E-state index in [1.165, 1.54) is 31.5 Å². The van der Waals surface area contributed by atoms with Gasteiger partial charge in [-0.2, -0.15) is 10.4 Å². The number of carbonyl (C=O) groups excluding carboxylic acids is 1. The van der Waals surface area contributed by atoms with E-state index in [9.17, 15) is 15.2 Å². The third kappa shape index (κ3) is 4.04. The fourth-order valence-corrected chi connectivity index (χ4v) is 6.88. The largest absolute Gasteiger partial charge is 0.393 e. The molecule has 35 heavy (non-hydrogen) atoms. The molecule has 1 atom stereocenters. The van der Waals surface area contributed by atoms with Gasteiger partial charge in [0.15, 0.2) is 0 Å². The van der Waals surface area contributed by atoms with Crippen LogP contribution in [-0.2, 0) is 0 Å². The van der Waals surface area contributed by atoms with Crippen molar-refractivity contribution in [1.29, 1.82) is 5.26 Å². The summed E-state index contributed by atoms with van der Waals surface area (Å²) in [5, 5.41) is 26.4. The molecule has 8 nitrogen and oxygen atoms in total. The predicted molar refractivity (Wildman–Crippen MR) is 134 cm³/mol. The van der Waals surface area contributed by atoms with Crippen molar-refractivity contribution in [3.05, 3.63) is 29.3 Å². The van der Waals surface area contributed by atoms with E-state index in [-0.39, 0.29) is 17.6 Å². The summed E-state index contributed by atoms with van der Waals surface area (Å²) in [5.74, 6) is 1.85. The van der Waals surface area contributed by atoms with Gasteiger partial charge in [0, 0.05) is 51.1 Å². The molecule has 0 radical (unpaired) electrons. The second-order valence-corrected chi connectivity index (χ2v) is 11.5. The number of amides is 2. The Hall–Kier alpha value is -2.79. The highest BCUT2D eigenvalue weighted by molar-refractivity contribution is 5.88. The Kier molecular flexibility index (Phi) is 5.63. The molecule has 1 aromatic rings. The molecule has 1 saturated carbocycles. The number of hydrogen-bond donors (Lipinski definition) is 1. The number of amidine groups is 1. The summed E-state index contributed by atoms with van der Waals surface area (Å²) in [6.45, 7) is 6.96. The number of benzene rings is 1. The second kappa shape index (κ2) is 8.70. The molecule has 0 bridgehead atoms. The molecule has 4 heterocycles. The van der Waals surface area contributed by atoms with Crippen LogP contribution in [0.2, 0.25) is 0 Å². The van der Waals surface area contributed by atoms with Crippen molar-refractivity contribution < 1.29 is 9.90 Å². The van der Waals surface area contributed by atoms with E-state index in [1.807, 2.05) is 28.9 Å². The molecule has 1 aliphatic carbocycles. The van der Waals surface area contributed by atoms with Gasteiger partial charge in [-0.3, -0.25) is 5.01 Å². The van der Waals surface area contributed by atoms with Crippen LogP contribution in [0.15, 0.2) is 23.3 Å². The van der Waals surface area contributed by atoms with Crippen molar-refractivity contribution in [3.63, 3.8) is 0 Å². The van der Waals surface area contributed by atoms with Gasteiger partial charge in [-0.05, 0) is 62.3 Å². The lowest BCUT2D eigenvalue weighted by Crippen LogP contribution is -2.74. The van der Waals surface area contributed by atoms with E-state index in [0.717, 1.165) is 49.4 Å². The van der Waals surface area contributed by atoms with Gasteiger partial charge in [0.05, 0.1) is 29.5 Å². The van der Waals surface area contributed by atoms with Crippen molar-refractivity contribution in [2.24, 2.45) is 16.4 Å². The van der Waals surface area contributed by atoms with Gasteiger partial charge in [-0.1, -0.05) is 12.8 Å². The molecule has 1 N–H and O–H groups in total. The molecule has 4 fully saturated rings. The van der Waals surface area contributed by atoms with Gasteiger partial charge < -0.3 is 19.8 Å². The van der Waals surface area contributed by atoms with Gasteiger partial charge in [0.1, 0.15) is 5.84 Å². The number of aryl methyl sites for hydroxylation is 1. The maximum atomic E-state index is 12.8. The number of nitrogens with zero attached hydrogens (tertiary/aromatic N) is 6. The Morgan fingerprint density at radius 3 is 2.46 bits per heavy atom. The van der Waals surface area contributed by atoms with Crippen LogP contribution in [0, 0.1) is 29.6 Å². The molecule has 6 rings (SSSR count). The summed E-state index contributed by atoms with van der Waals surface area (Å²) in [5.41, 5.74) is 3.04. The van der Waals surface area contributed by atoms with Crippen molar-refractivity contribution in [2.75, 3.05) is 44.3 Å². The number of carbonyl (C=O) groups is 1. The molecule has 1 aromatic carbocycles. The average Bonchev–Trinajstić information content (AvgIpc) is 3.48.